The van der Waals surface area contributed by atoms with Gasteiger partial charge in [0, 0.05) is 17.3 Å². The minimum Gasteiger partial charge on any atom is -0.497 e. The van der Waals surface area contributed by atoms with Crippen molar-refractivity contribution < 1.29 is 9.94 Å². The molecule has 6 nitrogen and oxygen atoms in total. The molecule has 0 fully saturated rings. The first-order chi connectivity index (χ1) is 10.1. The second-order valence-corrected chi connectivity index (χ2v) is 4.61. The third-order valence-corrected chi connectivity index (χ3v) is 3.37. The summed E-state index contributed by atoms with van der Waals surface area (Å²) >= 11 is 0. The van der Waals surface area contributed by atoms with Gasteiger partial charge in [-0.1, -0.05) is 19.0 Å². The molecule has 6 heteroatoms. The number of hydrogen-bond acceptors (Lipinski definition) is 4. The van der Waals surface area contributed by atoms with Crippen molar-refractivity contribution in [3.63, 3.8) is 0 Å². The van der Waals surface area contributed by atoms with Crippen molar-refractivity contribution in [2.75, 3.05) is 7.11 Å². The smallest absolute Gasteiger partial charge is 0.172 e. The third-order valence-electron chi connectivity index (χ3n) is 3.37. The van der Waals surface area contributed by atoms with Crippen LogP contribution in [0.25, 0.3) is 5.69 Å². The van der Waals surface area contributed by atoms with Crippen LogP contribution in [0.1, 0.15) is 30.8 Å². The highest BCUT2D eigenvalue weighted by Crippen LogP contribution is 2.23. The molecule has 112 valence electrons. The van der Waals surface area contributed by atoms with E-state index < -0.39 is 0 Å². The molecule has 0 bridgehead atoms. The van der Waals surface area contributed by atoms with E-state index in [0.717, 1.165) is 29.9 Å². The number of amidine groups is 1. The van der Waals surface area contributed by atoms with Crippen molar-refractivity contribution in [1.82, 2.24) is 9.78 Å². The lowest BCUT2D eigenvalue weighted by Crippen LogP contribution is -2.17. The monoisotopic (exact) mass is 288 g/mol. The lowest BCUT2D eigenvalue weighted by molar-refractivity contribution is 0.318. The number of rotatable bonds is 5. The average Bonchev–Trinajstić information content (AvgIpc) is 2.96. The average molecular weight is 288 g/mol. The quantitative estimate of drug-likeness (QED) is 0.382. The van der Waals surface area contributed by atoms with Gasteiger partial charge in [0.05, 0.1) is 18.5 Å². The van der Waals surface area contributed by atoms with Crippen molar-refractivity contribution >= 4 is 5.84 Å². The van der Waals surface area contributed by atoms with Crippen molar-refractivity contribution in [2.24, 2.45) is 10.9 Å². The molecule has 0 saturated heterocycles. The molecule has 1 aromatic carbocycles. The molecule has 0 spiro atoms. The molecule has 2 aromatic rings. The van der Waals surface area contributed by atoms with Gasteiger partial charge >= 0.3 is 0 Å². The van der Waals surface area contributed by atoms with Crippen LogP contribution in [0, 0.1) is 0 Å². The van der Waals surface area contributed by atoms with E-state index in [1.54, 1.807) is 19.2 Å². The Hall–Kier alpha value is -2.50. The molecule has 0 aliphatic carbocycles. The number of benzene rings is 1. The van der Waals surface area contributed by atoms with Gasteiger partial charge in [-0.3, -0.25) is 0 Å². The molecule has 0 saturated carbocycles. The van der Waals surface area contributed by atoms with Crippen LogP contribution in [-0.4, -0.2) is 27.9 Å². The fraction of sp³-hybridized carbons (Fsp3) is 0.333. The summed E-state index contributed by atoms with van der Waals surface area (Å²) in [7, 11) is 1.60. The summed E-state index contributed by atoms with van der Waals surface area (Å²) in [5.41, 5.74) is 9.18. The molecular weight excluding hydrogens is 268 g/mol. The molecule has 0 atom stereocenters. The summed E-state index contributed by atoms with van der Waals surface area (Å²) in [6, 6.07) is 7.43. The highest BCUT2D eigenvalue weighted by atomic mass is 16.5. The normalized spacial score (nSPS) is 11.7. The van der Waals surface area contributed by atoms with E-state index >= 15 is 0 Å². The maximum atomic E-state index is 8.97. The van der Waals surface area contributed by atoms with Crippen molar-refractivity contribution in [3.8, 4) is 11.4 Å². The molecule has 0 aliphatic heterocycles. The lowest BCUT2D eigenvalue weighted by Gasteiger charge is -2.12. The van der Waals surface area contributed by atoms with Crippen LogP contribution in [0.15, 0.2) is 29.4 Å². The van der Waals surface area contributed by atoms with Gasteiger partial charge in [-0.25, -0.2) is 4.68 Å². The topological polar surface area (TPSA) is 85.7 Å². The number of methoxy groups -OCH3 is 1. The van der Waals surface area contributed by atoms with Gasteiger partial charge in [0.1, 0.15) is 5.75 Å². The highest BCUT2D eigenvalue weighted by molar-refractivity contribution is 6.00. The zero-order valence-corrected chi connectivity index (χ0v) is 12.5. The number of aryl methyl sites for hydroxylation is 2. The van der Waals surface area contributed by atoms with Crippen LogP contribution in [-0.2, 0) is 12.8 Å². The molecule has 1 heterocycles. The summed E-state index contributed by atoms with van der Waals surface area (Å²) in [5.74, 6) is 0.735. The fourth-order valence-corrected chi connectivity index (χ4v) is 2.19. The molecule has 0 amide bonds. The Morgan fingerprint density at radius 1 is 1.33 bits per heavy atom. The summed E-state index contributed by atoms with van der Waals surface area (Å²) in [4.78, 5) is 0. The number of oxime groups is 1. The lowest BCUT2D eigenvalue weighted by atomic mass is 10.1. The molecule has 0 aliphatic rings. The van der Waals surface area contributed by atoms with Crippen molar-refractivity contribution in [2.45, 2.75) is 26.7 Å². The van der Waals surface area contributed by atoms with Crippen LogP contribution in [0.4, 0.5) is 0 Å². The Kier molecular flexibility index (Phi) is 4.47. The zero-order chi connectivity index (χ0) is 15.4. The number of ether oxygens (including phenoxy) is 1. The van der Waals surface area contributed by atoms with Crippen molar-refractivity contribution in [3.05, 3.63) is 41.2 Å². The van der Waals surface area contributed by atoms with E-state index in [2.05, 4.69) is 30.2 Å². The van der Waals surface area contributed by atoms with Crippen LogP contribution in [0.5, 0.6) is 5.75 Å². The standard InChI is InChI=1S/C15H20N4O2/c1-4-10-8-11(5-2)19(17-10)14-9-12(21-3)6-7-13(14)15(16)18-20/h6-9,20H,4-5H2,1-3H3,(H2,16,18). The summed E-state index contributed by atoms with van der Waals surface area (Å²) in [5, 5.41) is 16.7. The Morgan fingerprint density at radius 2 is 2.10 bits per heavy atom. The molecule has 21 heavy (non-hydrogen) atoms. The maximum Gasteiger partial charge on any atom is 0.172 e. The van der Waals surface area contributed by atoms with Crippen molar-refractivity contribution in [1.29, 1.82) is 0 Å². The summed E-state index contributed by atoms with van der Waals surface area (Å²) < 4.78 is 7.10. The molecular formula is C15H20N4O2. The van der Waals surface area contributed by atoms with E-state index in [4.69, 9.17) is 15.7 Å². The SMILES string of the molecule is CCc1cc(CC)n(-c2cc(OC)ccc2/C(N)=N/O)n1. The second-order valence-electron chi connectivity index (χ2n) is 4.61. The summed E-state index contributed by atoms with van der Waals surface area (Å²) in [6.45, 7) is 4.12. The molecule has 1 aromatic heterocycles. The second kappa shape index (κ2) is 6.30. The number of nitrogens with zero attached hydrogens (tertiary/aromatic N) is 3. The largest absolute Gasteiger partial charge is 0.497 e. The Morgan fingerprint density at radius 3 is 2.67 bits per heavy atom. The summed E-state index contributed by atoms with van der Waals surface area (Å²) in [6.07, 6.45) is 1.68. The molecule has 0 unspecified atom stereocenters. The number of nitrogens with two attached hydrogens (primary N) is 1. The minimum atomic E-state index is 0.0447. The molecule has 3 N–H and O–H groups in total. The zero-order valence-electron chi connectivity index (χ0n) is 12.5. The van der Waals surface area contributed by atoms with Gasteiger partial charge in [0.2, 0.25) is 0 Å². The number of hydrogen-bond donors (Lipinski definition) is 2. The molecule has 2 rings (SSSR count). The highest BCUT2D eigenvalue weighted by Gasteiger charge is 2.15. The van der Waals surface area contributed by atoms with Crippen LogP contribution in [0.2, 0.25) is 0 Å². The Bertz CT molecular complexity index is 662. The van der Waals surface area contributed by atoms with E-state index in [1.165, 1.54) is 0 Å². The maximum absolute atomic E-state index is 8.97. The van der Waals surface area contributed by atoms with E-state index in [0.29, 0.717) is 11.3 Å². The van der Waals surface area contributed by atoms with Gasteiger partial charge < -0.3 is 15.7 Å². The Labute approximate surface area is 123 Å². The van der Waals surface area contributed by atoms with Gasteiger partial charge in [-0.05, 0) is 31.0 Å². The first-order valence-corrected chi connectivity index (χ1v) is 6.88. The van der Waals surface area contributed by atoms with Crippen LogP contribution >= 0.6 is 0 Å². The van der Waals surface area contributed by atoms with E-state index in [-0.39, 0.29) is 5.84 Å². The van der Waals surface area contributed by atoms with Gasteiger partial charge in [0.25, 0.3) is 0 Å². The Balaban J connectivity index is 2.68. The number of aromatic nitrogens is 2. The first-order valence-electron chi connectivity index (χ1n) is 6.88. The predicted octanol–water partition coefficient (Wildman–Crippen LogP) is 2.10. The van der Waals surface area contributed by atoms with E-state index in [1.807, 2.05) is 10.7 Å². The van der Waals surface area contributed by atoms with E-state index in [9.17, 15) is 0 Å². The molecule has 0 radical (unpaired) electrons. The van der Waals surface area contributed by atoms with Crippen LogP contribution in [0.3, 0.4) is 0 Å². The van der Waals surface area contributed by atoms with Gasteiger partial charge in [0.15, 0.2) is 5.84 Å². The fourth-order valence-electron chi connectivity index (χ4n) is 2.19. The first kappa shape index (κ1) is 14.9. The minimum absolute atomic E-state index is 0.0447. The predicted molar refractivity (Wildman–Crippen MR) is 81.4 cm³/mol. The van der Waals surface area contributed by atoms with Gasteiger partial charge in [-0.2, -0.15) is 5.10 Å². The van der Waals surface area contributed by atoms with Crippen LogP contribution < -0.4 is 10.5 Å². The van der Waals surface area contributed by atoms with Gasteiger partial charge in [-0.15, -0.1) is 0 Å². The third kappa shape index (κ3) is 2.84.